The van der Waals surface area contributed by atoms with Gasteiger partial charge in [0.2, 0.25) is 0 Å². The minimum absolute atomic E-state index is 0.572. The summed E-state index contributed by atoms with van der Waals surface area (Å²) in [5.41, 5.74) is 1.75. The largest absolute Gasteiger partial charge is 0.464 e. The number of hydrogen-bond acceptors (Lipinski definition) is 3. The molecule has 0 saturated heterocycles. The molecule has 7 heteroatoms. The van der Waals surface area contributed by atoms with Crippen LogP contribution in [0.4, 0.5) is 9.59 Å². The van der Waals surface area contributed by atoms with E-state index in [9.17, 15) is 9.59 Å². The van der Waals surface area contributed by atoms with E-state index in [4.69, 9.17) is 10.2 Å². The summed E-state index contributed by atoms with van der Waals surface area (Å²) in [5, 5.41) is 16.8. The predicted molar refractivity (Wildman–Crippen MR) is 48.4 cm³/mol. The van der Waals surface area contributed by atoms with Crippen LogP contribution in [0, 0.1) is 0 Å². The maximum Gasteiger partial charge on any atom is 0.437 e. The lowest BCUT2D eigenvalue weighted by Gasteiger charge is -2.15. The van der Waals surface area contributed by atoms with Crippen molar-refractivity contribution in [3.05, 3.63) is 0 Å². The number of carboxylic acid groups (broad SMARTS) is 2. The fourth-order valence-electron chi connectivity index (χ4n) is 0.522. The third-order valence-electron chi connectivity index (χ3n) is 1.09. The van der Waals surface area contributed by atoms with E-state index in [-0.39, 0.29) is 0 Å². The second-order valence-corrected chi connectivity index (χ2v) is 3.21. The Morgan fingerprint density at radius 3 is 2.46 bits per heavy atom. The molecule has 0 radical (unpaired) electrons. The van der Waals surface area contributed by atoms with Gasteiger partial charge in [0.25, 0.3) is 0 Å². The number of nitrogens with zero attached hydrogens (tertiary/aromatic N) is 1. The average molecular weight is 208 g/mol. The van der Waals surface area contributed by atoms with Crippen LogP contribution in [-0.4, -0.2) is 32.6 Å². The summed E-state index contributed by atoms with van der Waals surface area (Å²) < 4.78 is 0.581. The van der Waals surface area contributed by atoms with Crippen LogP contribution < -0.4 is 5.43 Å². The molecule has 0 aliphatic rings. The highest BCUT2D eigenvalue weighted by molar-refractivity contribution is 7.97. The topological polar surface area (TPSA) is 89.9 Å². The first-order valence-corrected chi connectivity index (χ1v) is 4.67. The summed E-state index contributed by atoms with van der Waals surface area (Å²) in [4.78, 5) is 20.5. The van der Waals surface area contributed by atoms with E-state index in [0.717, 1.165) is 24.8 Å². The van der Waals surface area contributed by atoms with E-state index in [0.29, 0.717) is 10.2 Å². The Bertz CT molecular complexity index is 187. The molecule has 3 N–H and O–H groups in total. The van der Waals surface area contributed by atoms with E-state index >= 15 is 0 Å². The van der Waals surface area contributed by atoms with Gasteiger partial charge in [-0.2, -0.15) is 4.41 Å². The molecule has 0 spiro atoms. The van der Waals surface area contributed by atoms with E-state index in [1.165, 1.54) is 0 Å². The fraction of sp³-hybridized carbons (Fsp3) is 0.667. The van der Waals surface area contributed by atoms with Crippen molar-refractivity contribution < 1.29 is 19.8 Å². The molecule has 0 unspecified atom stereocenters. The van der Waals surface area contributed by atoms with Crippen LogP contribution >= 0.6 is 11.9 Å². The van der Waals surface area contributed by atoms with Crippen LogP contribution in [0.15, 0.2) is 0 Å². The number of amides is 2. The third kappa shape index (κ3) is 6.09. The second kappa shape index (κ2) is 6.41. The van der Waals surface area contributed by atoms with Crippen LogP contribution in [0.3, 0.4) is 0 Å². The van der Waals surface area contributed by atoms with Gasteiger partial charge in [0.1, 0.15) is 0 Å². The molecule has 0 aromatic heterocycles. The molecule has 0 rings (SSSR count). The quantitative estimate of drug-likeness (QED) is 0.371. The van der Waals surface area contributed by atoms with Crippen molar-refractivity contribution in [3.8, 4) is 0 Å². The Morgan fingerprint density at radius 1 is 1.46 bits per heavy atom. The van der Waals surface area contributed by atoms with Crippen molar-refractivity contribution in [3.63, 3.8) is 0 Å². The van der Waals surface area contributed by atoms with E-state index in [1.807, 2.05) is 6.92 Å². The van der Waals surface area contributed by atoms with Gasteiger partial charge in [0.05, 0.1) is 0 Å². The zero-order valence-electron chi connectivity index (χ0n) is 7.19. The number of hydrazine groups is 1. The Balaban J connectivity index is 3.81. The molecule has 0 aromatic rings. The van der Waals surface area contributed by atoms with E-state index in [2.05, 4.69) is 0 Å². The maximum absolute atomic E-state index is 10.4. The molecule has 0 heterocycles. The molecule has 0 aliphatic carbocycles. The number of unbranched alkanes of at least 4 members (excludes halogenated alkanes) is 1. The van der Waals surface area contributed by atoms with Gasteiger partial charge in [-0.3, -0.25) is 0 Å². The highest BCUT2D eigenvalue weighted by Crippen LogP contribution is 2.09. The van der Waals surface area contributed by atoms with Gasteiger partial charge in [-0.15, -0.1) is 0 Å². The lowest BCUT2D eigenvalue weighted by molar-refractivity contribution is 0.147. The average Bonchev–Trinajstić information content (AvgIpc) is 2.02. The molecule has 76 valence electrons. The molecule has 13 heavy (non-hydrogen) atoms. The minimum Gasteiger partial charge on any atom is -0.464 e. The number of nitrogens with one attached hydrogen (secondary N) is 1. The summed E-state index contributed by atoms with van der Waals surface area (Å²) in [6.07, 6.45) is -0.918. The molecule has 0 aromatic carbocycles. The Morgan fingerprint density at radius 2 is 2.08 bits per heavy atom. The minimum atomic E-state index is -1.38. The molecule has 0 saturated carbocycles. The van der Waals surface area contributed by atoms with Crippen molar-refractivity contribution >= 4 is 24.1 Å². The Kier molecular flexibility index (Phi) is 5.86. The Labute approximate surface area is 80.0 Å². The van der Waals surface area contributed by atoms with Gasteiger partial charge in [-0.25, -0.2) is 15.0 Å². The lowest BCUT2D eigenvalue weighted by Crippen LogP contribution is -2.40. The first kappa shape index (κ1) is 11.9. The van der Waals surface area contributed by atoms with Crippen molar-refractivity contribution in [2.45, 2.75) is 19.8 Å². The van der Waals surface area contributed by atoms with E-state index < -0.39 is 12.2 Å². The van der Waals surface area contributed by atoms with Crippen LogP contribution in [0.5, 0.6) is 0 Å². The first-order valence-electron chi connectivity index (χ1n) is 3.73. The monoisotopic (exact) mass is 208 g/mol. The fourth-order valence-corrected chi connectivity index (χ4v) is 1.38. The van der Waals surface area contributed by atoms with Crippen LogP contribution in [0.2, 0.25) is 0 Å². The molecule has 0 atom stereocenters. The van der Waals surface area contributed by atoms with Gasteiger partial charge in [0.15, 0.2) is 0 Å². The maximum atomic E-state index is 10.4. The number of carbonyl (C=O) groups is 2. The van der Waals surface area contributed by atoms with Crippen LogP contribution in [-0.2, 0) is 0 Å². The van der Waals surface area contributed by atoms with Gasteiger partial charge in [0, 0.05) is 5.75 Å². The summed E-state index contributed by atoms with van der Waals surface area (Å²) in [7, 11) is 0. The summed E-state index contributed by atoms with van der Waals surface area (Å²) in [6, 6.07) is 0. The molecular weight excluding hydrogens is 196 g/mol. The van der Waals surface area contributed by atoms with Crippen LogP contribution in [0.1, 0.15) is 19.8 Å². The molecule has 0 aliphatic heterocycles. The van der Waals surface area contributed by atoms with Crippen molar-refractivity contribution in [1.82, 2.24) is 9.84 Å². The summed E-state index contributed by atoms with van der Waals surface area (Å²) in [6.45, 7) is 1.97. The summed E-state index contributed by atoms with van der Waals surface area (Å²) in [5.74, 6) is 0.572. The standard InChI is InChI=1S/C6H12N2O4S/c1-2-3-4-13-8(6(11)12)7-5(9)10/h7H,2-4H2,1H3,(H,9,10)(H,11,12). The van der Waals surface area contributed by atoms with Gasteiger partial charge >= 0.3 is 12.2 Å². The lowest BCUT2D eigenvalue weighted by atomic mass is 10.4. The van der Waals surface area contributed by atoms with Crippen LogP contribution in [0.25, 0.3) is 0 Å². The predicted octanol–water partition coefficient (Wildman–Crippen LogP) is 1.60. The third-order valence-corrected chi connectivity index (χ3v) is 2.07. The first-order chi connectivity index (χ1) is 6.07. The van der Waals surface area contributed by atoms with Gasteiger partial charge in [-0.1, -0.05) is 13.3 Å². The number of rotatable bonds is 4. The molecule has 0 bridgehead atoms. The van der Waals surface area contributed by atoms with E-state index in [1.54, 1.807) is 5.43 Å². The SMILES string of the molecule is CCCCSN(NC(=O)O)C(=O)O. The Hall–Kier alpha value is -1.11. The molecular formula is C6H12N2O4S. The number of hydrogen-bond donors (Lipinski definition) is 3. The second-order valence-electron chi connectivity index (χ2n) is 2.18. The highest BCUT2D eigenvalue weighted by Gasteiger charge is 2.14. The highest BCUT2D eigenvalue weighted by atomic mass is 32.2. The van der Waals surface area contributed by atoms with Crippen molar-refractivity contribution in [2.75, 3.05) is 5.75 Å². The smallest absolute Gasteiger partial charge is 0.437 e. The molecule has 0 fully saturated rings. The molecule has 2 amide bonds. The zero-order valence-corrected chi connectivity index (χ0v) is 8.00. The van der Waals surface area contributed by atoms with Crippen molar-refractivity contribution in [2.24, 2.45) is 0 Å². The zero-order chi connectivity index (χ0) is 10.3. The molecule has 6 nitrogen and oxygen atoms in total. The summed E-state index contributed by atoms with van der Waals surface area (Å²) >= 11 is 0.924. The van der Waals surface area contributed by atoms with Gasteiger partial charge < -0.3 is 10.2 Å². The van der Waals surface area contributed by atoms with Gasteiger partial charge in [-0.05, 0) is 18.4 Å². The van der Waals surface area contributed by atoms with Crippen molar-refractivity contribution in [1.29, 1.82) is 0 Å². The normalized spacial score (nSPS) is 9.31.